The van der Waals surface area contributed by atoms with Crippen molar-refractivity contribution < 1.29 is 24.2 Å². The molecule has 0 radical (unpaired) electrons. The van der Waals surface area contributed by atoms with Crippen LogP contribution in [-0.2, 0) is 15.0 Å². The van der Waals surface area contributed by atoms with Gasteiger partial charge in [0.15, 0.2) is 0 Å². The van der Waals surface area contributed by atoms with Crippen LogP contribution in [0.15, 0.2) is 54.6 Å². The first-order chi connectivity index (χ1) is 12.9. The molecule has 0 fully saturated rings. The Bertz CT molecular complexity index is 822. The Balaban J connectivity index is 1.93. The van der Waals surface area contributed by atoms with Gasteiger partial charge in [-0.3, -0.25) is 14.4 Å². The standard InChI is InChI=1S/C20H22N2O5/c1-20(19(25)26,15-8-4-3-5-9-15)13-22-17(23)12-21-18(24)14-7-6-10-16(11-14)27-2/h3-11H,12-13H2,1-2H3,(H,21,24)(H,22,23)(H,25,26). The maximum absolute atomic E-state index is 12.1. The van der Waals surface area contributed by atoms with Gasteiger partial charge < -0.3 is 20.5 Å². The zero-order valence-electron chi connectivity index (χ0n) is 15.2. The van der Waals surface area contributed by atoms with Gasteiger partial charge in [0.2, 0.25) is 5.91 Å². The van der Waals surface area contributed by atoms with E-state index in [1.807, 2.05) is 0 Å². The fourth-order valence-electron chi connectivity index (χ4n) is 2.47. The molecule has 0 aliphatic carbocycles. The summed E-state index contributed by atoms with van der Waals surface area (Å²) in [6.07, 6.45) is 0. The number of carbonyl (C=O) groups is 3. The van der Waals surface area contributed by atoms with E-state index in [2.05, 4.69) is 10.6 Å². The minimum Gasteiger partial charge on any atom is -0.497 e. The molecule has 2 rings (SSSR count). The normalized spacial score (nSPS) is 12.5. The van der Waals surface area contributed by atoms with Gasteiger partial charge in [-0.25, -0.2) is 0 Å². The number of rotatable bonds is 8. The summed E-state index contributed by atoms with van der Waals surface area (Å²) in [6.45, 7) is 1.18. The van der Waals surface area contributed by atoms with E-state index in [-0.39, 0.29) is 13.1 Å². The molecule has 2 amide bonds. The zero-order chi connectivity index (χ0) is 19.9. The van der Waals surface area contributed by atoms with Crippen LogP contribution < -0.4 is 15.4 Å². The molecule has 0 heterocycles. The molecule has 0 aliphatic rings. The average Bonchev–Trinajstić information content (AvgIpc) is 2.70. The Hall–Kier alpha value is -3.35. The van der Waals surface area contributed by atoms with Gasteiger partial charge in [0.1, 0.15) is 11.2 Å². The molecule has 2 aromatic rings. The van der Waals surface area contributed by atoms with E-state index in [0.717, 1.165) is 0 Å². The first-order valence-corrected chi connectivity index (χ1v) is 8.34. The second-order valence-corrected chi connectivity index (χ2v) is 6.19. The third-order valence-corrected chi connectivity index (χ3v) is 4.26. The number of ether oxygens (including phenoxy) is 1. The van der Waals surface area contributed by atoms with E-state index >= 15 is 0 Å². The predicted molar refractivity (Wildman–Crippen MR) is 99.8 cm³/mol. The zero-order valence-corrected chi connectivity index (χ0v) is 15.2. The molecule has 0 aromatic heterocycles. The fraction of sp³-hybridized carbons (Fsp3) is 0.250. The summed E-state index contributed by atoms with van der Waals surface area (Å²) in [5.41, 5.74) is -0.326. The summed E-state index contributed by atoms with van der Waals surface area (Å²) in [4.78, 5) is 35.9. The fourth-order valence-corrected chi connectivity index (χ4v) is 2.47. The lowest BCUT2D eigenvalue weighted by Crippen LogP contribution is -2.47. The molecule has 0 saturated carbocycles. The van der Waals surface area contributed by atoms with E-state index in [1.165, 1.54) is 7.11 Å². The number of methoxy groups -OCH3 is 1. The number of aliphatic carboxylic acids is 1. The summed E-state index contributed by atoms with van der Waals surface area (Å²) in [7, 11) is 1.50. The Morgan fingerprint density at radius 3 is 2.37 bits per heavy atom. The minimum absolute atomic E-state index is 0.0970. The van der Waals surface area contributed by atoms with Gasteiger partial charge in [-0.2, -0.15) is 0 Å². The highest BCUT2D eigenvalue weighted by Gasteiger charge is 2.35. The van der Waals surface area contributed by atoms with Gasteiger partial charge in [-0.15, -0.1) is 0 Å². The summed E-state index contributed by atoms with van der Waals surface area (Å²) in [6, 6.07) is 15.2. The smallest absolute Gasteiger partial charge is 0.315 e. The molecule has 0 aliphatic heterocycles. The van der Waals surface area contributed by atoms with Gasteiger partial charge in [-0.1, -0.05) is 36.4 Å². The lowest BCUT2D eigenvalue weighted by molar-refractivity contribution is -0.143. The molecule has 0 bridgehead atoms. The van der Waals surface area contributed by atoms with Crippen molar-refractivity contribution >= 4 is 17.8 Å². The monoisotopic (exact) mass is 370 g/mol. The van der Waals surface area contributed by atoms with Gasteiger partial charge in [0, 0.05) is 12.1 Å². The van der Waals surface area contributed by atoms with Crippen LogP contribution in [0.25, 0.3) is 0 Å². The Morgan fingerprint density at radius 2 is 1.74 bits per heavy atom. The SMILES string of the molecule is COc1cccc(C(=O)NCC(=O)NCC(C)(C(=O)O)c2ccccc2)c1. The Morgan fingerprint density at radius 1 is 1.04 bits per heavy atom. The molecule has 7 nitrogen and oxygen atoms in total. The highest BCUT2D eigenvalue weighted by Crippen LogP contribution is 2.23. The van der Waals surface area contributed by atoms with Crippen molar-refractivity contribution in [3.05, 3.63) is 65.7 Å². The molecule has 142 valence electrons. The van der Waals surface area contributed by atoms with Crippen LogP contribution in [0.3, 0.4) is 0 Å². The number of carboxylic acids is 1. The van der Waals surface area contributed by atoms with Crippen LogP contribution >= 0.6 is 0 Å². The topological polar surface area (TPSA) is 105 Å². The third kappa shape index (κ3) is 5.07. The molecule has 1 atom stereocenters. The lowest BCUT2D eigenvalue weighted by atomic mass is 9.82. The number of carbonyl (C=O) groups excluding carboxylic acids is 2. The molecular weight excluding hydrogens is 348 g/mol. The first kappa shape index (κ1) is 20.0. The van der Waals surface area contributed by atoms with Crippen molar-refractivity contribution in [3.63, 3.8) is 0 Å². The van der Waals surface area contributed by atoms with E-state index in [4.69, 9.17) is 4.74 Å². The lowest BCUT2D eigenvalue weighted by Gasteiger charge is -2.25. The number of hydrogen-bond donors (Lipinski definition) is 3. The number of carboxylic acid groups (broad SMARTS) is 1. The van der Waals surface area contributed by atoms with Crippen LogP contribution in [0.4, 0.5) is 0 Å². The first-order valence-electron chi connectivity index (χ1n) is 8.34. The molecule has 27 heavy (non-hydrogen) atoms. The number of hydrogen-bond acceptors (Lipinski definition) is 4. The molecule has 0 spiro atoms. The Labute approximate surface area is 157 Å². The largest absolute Gasteiger partial charge is 0.497 e. The molecule has 1 unspecified atom stereocenters. The molecule has 0 saturated heterocycles. The quantitative estimate of drug-likeness (QED) is 0.654. The van der Waals surface area contributed by atoms with E-state index in [1.54, 1.807) is 61.5 Å². The molecule has 3 N–H and O–H groups in total. The van der Waals surface area contributed by atoms with Crippen LogP contribution in [0.2, 0.25) is 0 Å². The summed E-state index contributed by atoms with van der Waals surface area (Å²) < 4.78 is 5.06. The summed E-state index contributed by atoms with van der Waals surface area (Å²) >= 11 is 0. The van der Waals surface area contributed by atoms with E-state index < -0.39 is 23.2 Å². The third-order valence-electron chi connectivity index (χ3n) is 4.26. The number of nitrogens with one attached hydrogen (secondary N) is 2. The number of benzene rings is 2. The number of amides is 2. The van der Waals surface area contributed by atoms with Crippen molar-refractivity contribution in [2.45, 2.75) is 12.3 Å². The van der Waals surface area contributed by atoms with Crippen molar-refractivity contribution in [1.29, 1.82) is 0 Å². The Kier molecular flexibility index (Phi) is 6.54. The highest BCUT2D eigenvalue weighted by atomic mass is 16.5. The van der Waals surface area contributed by atoms with Crippen molar-refractivity contribution in [2.75, 3.05) is 20.2 Å². The van der Waals surface area contributed by atoms with E-state index in [0.29, 0.717) is 16.9 Å². The van der Waals surface area contributed by atoms with Crippen molar-refractivity contribution in [1.82, 2.24) is 10.6 Å². The van der Waals surface area contributed by atoms with Crippen molar-refractivity contribution in [2.24, 2.45) is 0 Å². The van der Waals surface area contributed by atoms with Crippen LogP contribution in [0, 0.1) is 0 Å². The van der Waals surface area contributed by atoms with Gasteiger partial charge >= 0.3 is 5.97 Å². The van der Waals surface area contributed by atoms with Crippen LogP contribution in [-0.4, -0.2) is 43.1 Å². The molecular formula is C20H22N2O5. The van der Waals surface area contributed by atoms with Crippen LogP contribution in [0.5, 0.6) is 5.75 Å². The van der Waals surface area contributed by atoms with Gasteiger partial charge in [-0.05, 0) is 30.7 Å². The van der Waals surface area contributed by atoms with E-state index in [9.17, 15) is 19.5 Å². The highest BCUT2D eigenvalue weighted by molar-refractivity contribution is 5.96. The maximum Gasteiger partial charge on any atom is 0.315 e. The molecule has 7 heteroatoms. The predicted octanol–water partition coefficient (Wildman–Crippen LogP) is 1.58. The van der Waals surface area contributed by atoms with Gasteiger partial charge in [0.25, 0.3) is 5.91 Å². The summed E-state index contributed by atoms with van der Waals surface area (Å²) in [5.74, 6) is -1.41. The maximum atomic E-state index is 12.1. The van der Waals surface area contributed by atoms with Crippen LogP contribution in [0.1, 0.15) is 22.8 Å². The molecule has 2 aromatic carbocycles. The second kappa shape index (κ2) is 8.84. The van der Waals surface area contributed by atoms with Gasteiger partial charge in [0.05, 0.1) is 13.7 Å². The minimum atomic E-state index is -1.27. The summed E-state index contributed by atoms with van der Waals surface area (Å²) in [5, 5.41) is 14.7. The second-order valence-electron chi connectivity index (χ2n) is 6.19. The average molecular weight is 370 g/mol. The van der Waals surface area contributed by atoms with Crippen molar-refractivity contribution in [3.8, 4) is 5.75 Å².